The summed E-state index contributed by atoms with van der Waals surface area (Å²) in [5.41, 5.74) is 4.45. The van der Waals surface area contributed by atoms with Gasteiger partial charge < -0.3 is 23.2 Å². The zero-order valence-corrected chi connectivity index (χ0v) is 29.2. The van der Waals surface area contributed by atoms with Gasteiger partial charge in [0.15, 0.2) is 0 Å². The lowest BCUT2D eigenvalue weighted by molar-refractivity contribution is -0.945. The Balaban J connectivity index is 1.20. The summed E-state index contributed by atoms with van der Waals surface area (Å²) in [6.07, 6.45) is 3.30. The molecule has 1 aliphatic rings. The molecule has 12 heteroatoms. The molecule has 48 heavy (non-hydrogen) atoms. The van der Waals surface area contributed by atoms with Gasteiger partial charge in [0.1, 0.15) is 32.8 Å². The van der Waals surface area contributed by atoms with Gasteiger partial charge in [-0.25, -0.2) is 4.79 Å². The molecule has 0 aromatic heterocycles. The number of non-ortho nitro benzene ring substituents is 1. The third-order valence-corrected chi connectivity index (χ3v) is 9.66. The lowest BCUT2D eigenvalue weighted by Crippen LogP contribution is -2.51. The number of hydrogen-bond acceptors (Lipinski definition) is 7. The van der Waals surface area contributed by atoms with Crippen molar-refractivity contribution in [2.75, 3.05) is 46.6 Å². The summed E-state index contributed by atoms with van der Waals surface area (Å²) in [6, 6.07) is 20.6. The van der Waals surface area contributed by atoms with E-state index in [1.165, 1.54) is 12.0 Å². The first kappa shape index (κ1) is 37.1. The van der Waals surface area contributed by atoms with E-state index in [1.807, 2.05) is 31.2 Å². The predicted molar refractivity (Wildman–Crippen MR) is 184 cm³/mol. The molecule has 3 aromatic carbocycles. The standard InChI is InChI=1S/C36H45Cl2N3O7/c1-28-8-10-29(11-9-28)24-40(2,25-31-14-17-33(37)34(38)23-31)21-22-46-36(43)48-27-47-35(42)7-6-20-41(18-4-3-5-19-41)26-30-12-15-32(16-13-30)39(44)45/h8-17,23H,3-7,18-22,24-27H2,1-2H3/q+2. The summed E-state index contributed by atoms with van der Waals surface area (Å²) in [6.45, 7) is 7.01. The highest BCUT2D eigenvalue weighted by atomic mass is 35.5. The number of aryl methyl sites for hydroxylation is 1. The molecule has 1 fully saturated rings. The van der Waals surface area contributed by atoms with Gasteiger partial charge in [0.05, 0.1) is 48.1 Å². The molecule has 4 rings (SSSR count). The van der Waals surface area contributed by atoms with E-state index >= 15 is 0 Å². The second kappa shape index (κ2) is 17.6. The fraction of sp³-hybridized carbons (Fsp3) is 0.444. The van der Waals surface area contributed by atoms with E-state index in [4.69, 9.17) is 37.4 Å². The Kier molecular flexibility index (Phi) is 13.6. The van der Waals surface area contributed by atoms with Gasteiger partial charge in [0, 0.05) is 35.2 Å². The zero-order chi connectivity index (χ0) is 34.6. The van der Waals surface area contributed by atoms with Crippen LogP contribution in [0.15, 0.2) is 66.7 Å². The first-order chi connectivity index (χ1) is 22.9. The van der Waals surface area contributed by atoms with Crippen LogP contribution < -0.4 is 0 Å². The number of carbonyl (C=O) groups excluding carboxylic acids is 2. The molecule has 3 aromatic rings. The lowest BCUT2D eigenvalue weighted by Gasteiger charge is -2.41. The Bertz CT molecular complexity index is 1530. The van der Waals surface area contributed by atoms with Gasteiger partial charge in [-0.05, 0) is 50.5 Å². The number of carbonyl (C=O) groups is 2. The van der Waals surface area contributed by atoms with Gasteiger partial charge in [-0.1, -0.05) is 59.1 Å². The molecule has 0 aliphatic carbocycles. The van der Waals surface area contributed by atoms with E-state index in [-0.39, 0.29) is 18.7 Å². The van der Waals surface area contributed by atoms with Crippen molar-refractivity contribution < 1.29 is 37.7 Å². The minimum absolute atomic E-state index is 0.0773. The number of benzene rings is 3. The molecular formula is C36H45Cl2N3O7+2. The lowest BCUT2D eigenvalue weighted by atomic mass is 10.0. The average Bonchev–Trinajstić information content (AvgIpc) is 3.04. The van der Waals surface area contributed by atoms with Gasteiger partial charge in [0.2, 0.25) is 6.79 Å². The van der Waals surface area contributed by atoms with Crippen LogP contribution in [0.2, 0.25) is 10.0 Å². The topological polar surface area (TPSA) is 105 Å². The number of nitrogens with zero attached hydrogens (tertiary/aromatic N) is 3. The largest absolute Gasteiger partial charge is 0.511 e. The van der Waals surface area contributed by atoms with Gasteiger partial charge in [-0.2, -0.15) is 0 Å². The maximum atomic E-state index is 12.4. The van der Waals surface area contributed by atoms with Gasteiger partial charge in [-0.15, -0.1) is 0 Å². The first-order valence-electron chi connectivity index (χ1n) is 16.3. The van der Waals surface area contributed by atoms with Crippen LogP contribution in [0.3, 0.4) is 0 Å². The van der Waals surface area contributed by atoms with Crippen LogP contribution in [0.25, 0.3) is 0 Å². The summed E-state index contributed by atoms with van der Waals surface area (Å²) >= 11 is 12.4. The Morgan fingerprint density at radius 3 is 2.17 bits per heavy atom. The Labute approximate surface area is 292 Å². The number of hydrogen-bond donors (Lipinski definition) is 0. The number of esters is 1. The normalized spacial score (nSPS) is 15.2. The monoisotopic (exact) mass is 701 g/mol. The van der Waals surface area contributed by atoms with Gasteiger partial charge in [0.25, 0.3) is 5.69 Å². The molecule has 0 amide bonds. The number of nitro groups is 1. The fourth-order valence-electron chi connectivity index (χ4n) is 6.35. The van der Waals surface area contributed by atoms with Crippen LogP contribution >= 0.6 is 23.2 Å². The van der Waals surface area contributed by atoms with E-state index in [0.717, 1.165) is 60.2 Å². The quantitative estimate of drug-likeness (QED) is 0.0490. The minimum atomic E-state index is -0.903. The van der Waals surface area contributed by atoms with E-state index in [1.54, 1.807) is 18.2 Å². The van der Waals surface area contributed by atoms with Crippen LogP contribution in [0.5, 0.6) is 0 Å². The summed E-state index contributed by atoms with van der Waals surface area (Å²) in [5.74, 6) is -0.447. The summed E-state index contributed by atoms with van der Waals surface area (Å²) in [7, 11) is 2.08. The van der Waals surface area contributed by atoms with E-state index in [0.29, 0.717) is 40.6 Å². The van der Waals surface area contributed by atoms with Crippen LogP contribution in [-0.2, 0) is 38.6 Å². The minimum Gasteiger partial charge on any atom is -0.428 e. The maximum absolute atomic E-state index is 12.4. The highest BCUT2D eigenvalue weighted by Crippen LogP contribution is 2.27. The second-order valence-corrected chi connectivity index (χ2v) is 13.8. The number of rotatable bonds is 16. The van der Waals surface area contributed by atoms with E-state index in [2.05, 4.69) is 31.3 Å². The molecule has 1 unspecified atom stereocenters. The van der Waals surface area contributed by atoms with Gasteiger partial charge >= 0.3 is 12.1 Å². The van der Waals surface area contributed by atoms with Crippen molar-refractivity contribution in [2.24, 2.45) is 0 Å². The smallest absolute Gasteiger partial charge is 0.428 e. The molecule has 0 bridgehead atoms. The second-order valence-electron chi connectivity index (χ2n) is 13.0. The number of likely N-dealkylation sites (N-methyl/N-ethyl adjacent to an activating group) is 1. The van der Waals surface area contributed by atoms with Gasteiger partial charge in [-0.3, -0.25) is 14.9 Å². The maximum Gasteiger partial charge on any atom is 0.511 e. The molecule has 10 nitrogen and oxygen atoms in total. The van der Waals surface area contributed by atoms with Crippen molar-refractivity contribution >= 4 is 41.0 Å². The number of ether oxygens (including phenoxy) is 3. The van der Waals surface area contributed by atoms with Crippen LogP contribution in [-0.4, -0.2) is 72.6 Å². The molecule has 1 heterocycles. The number of piperidine rings is 1. The molecule has 0 N–H and O–H groups in total. The van der Waals surface area contributed by atoms with Crippen LogP contribution in [0, 0.1) is 17.0 Å². The molecule has 0 radical (unpaired) electrons. The number of quaternary nitrogens is 2. The number of nitro benzene ring substituents is 1. The van der Waals surface area contributed by atoms with Crippen molar-refractivity contribution in [3.05, 3.63) is 109 Å². The highest BCUT2D eigenvalue weighted by molar-refractivity contribution is 6.42. The average molecular weight is 703 g/mol. The van der Waals surface area contributed by atoms with Crippen molar-refractivity contribution in [1.29, 1.82) is 0 Å². The van der Waals surface area contributed by atoms with Crippen LogP contribution in [0.4, 0.5) is 10.5 Å². The van der Waals surface area contributed by atoms with E-state index in [9.17, 15) is 19.7 Å². The Hall–Kier alpha value is -3.70. The third-order valence-electron chi connectivity index (χ3n) is 8.92. The molecule has 1 aliphatic heterocycles. The fourth-order valence-corrected chi connectivity index (χ4v) is 6.67. The molecule has 0 spiro atoms. The molecular weight excluding hydrogens is 657 g/mol. The molecule has 1 saturated heterocycles. The third kappa shape index (κ3) is 11.8. The number of likely N-dealkylation sites (tertiary alicyclic amines) is 1. The predicted octanol–water partition coefficient (Wildman–Crippen LogP) is 7.99. The van der Waals surface area contributed by atoms with Crippen molar-refractivity contribution in [1.82, 2.24) is 0 Å². The zero-order valence-electron chi connectivity index (χ0n) is 27.7. The Morgan fingerprint density at radius 2 is 1.50 bits per heavy atom. The molecule has 1 atom stereocenters. The van der Waals surface area contributed by atoms with Crippen molar-refractivity contribution in [3.8, 4) is 0 Å². The molecule has 0 saturated carbocycles. The highest BCUT2D eigenvalue weighted by Gasteiger charge is 2.30. The van der Waals surface area contributed by atoms with Crippen molar-refractivity contribution in [2.45, 2.75) is 58.7 Å². The van der Waals surface area contributed by atoms with E-state index < -0.39 is 23.8 Å². The summed E-state index contributed by atoms with van der Waals surface area (Å²) in [5, 5.41) is 12.0. The first-order valence-corrected chi connectivity index (χ1v) is 17.1. The molecule has 258 valence electrons. The SMILES string of the molecule is Cc1ccc(C[N+](C)(CCOC(=O)OCOC(=O)CCC[N+]2(Cc3ccc([N+](=O)[O-])cc3)CCCCC2)Cc2ccc(Cl)c(Cl)c2)cc1. The summed E-state index contributed by atoms with van der Waals surface area (Å²) < 4.78 is 16.9. The Morgan fingerprint density at radius 1 is 0.854 bits per heavy atom. The van der Waals surface area contributed by atoms with Crippen LogP contribution in [0.1, 0.15) is 54.4 Å². The number of halogens is 2. The summed E-state index contributed by atoms with van der Waals surface area (Å²) in [4.78, 5) is 35.4. The van der Waals surface area contributed by atoms with Crippen molar-refractivity contribution in [3.63, 3.8) is 0 Å².